The van der Waals surface area contributed by atoms with Crippen LogP contribution in [0.25, 0.3) is 28.0 Å². The Balaban J connectivity index is 1.50. The van der Waals surface area contributed by atoms with Gasteiger partial charge in [0.15, 0.2) is 0 Å². The van der Waals surface area contributed by atoms with E-state index in [2.05, 4.69) is 62.4 Å². The van der Waals surface area contributed by atoms with Crippen molar-refractivity contribution in [2.24, 2.45) is 0 Å². The summed E-state index contributed by atoms with van der Waals surface area (Å²) < 4.78 is 5.87. The molecule has 0 aliphatic heterocycles. The Morgan fingerprint density at radius 1 is 0.867 bits per heavy atom. The summed E-state index contributed by atoms with van der Waals surface area (Å²) in [5, 5.41) is 11.9. The van der Waals surface area contributed by atoms with E-state index in [0.29, 0.717) is 11.9 Å². The molecule has 0 heterocycles. The van der Waals surface area contributed by atoms with Crippen LogP contribution in [0.3, 0.4) is 0 Å². The first kappa shape index (κ1) is 22.1. The lowest BCUT2D eigenvalue weighted by Gasteiger charge is -2.12. The molecule has 3 rings (SSSR count). The van der Waals surface area contributed by atoms with E-state index in [9.17, 15) is 5.11 Å². The van der Waals surface area contributed by atoms with Crippen LogP contribution in [0.15, 0.2) is 66.7 Å². The Morgan fingerprint density at radius 3 is 2.40 bits per heavy atom. The van der Waals surface area contributed by atoms with Gasteiger partial charge in [-0.3, -0.25) is 0 Å². The monoisotopic (exact) mass is 402 g/mol. The quantitative estimate of drug-likeness (QED) is 0.329. The minimum atomic E-state index is 0.296. The van der Waals surface area contributed by atoms with Gasteiger partial charge in [0.05, 0.1) is 6.10 Å². The van der Waals surface area contributed by atoms with Gasteiger partial charge >= 0.3 is 0 Å². The highest BCUT2D eigenvalue weighted by Gasteiger charge is 2.02. The summed E-state index contributed by atoms with van der Waals surface area (Å²) in [6.07, 6.45) is 11.9. The van der Waals surface area contributed by atoms with Gasteiger partial charge in [-0.15, -0.1) is 0 Å². The van der Waals surface area contributed by atoms with E-state index in [4.69, 9.17) is 4.74 Å². The lowest BCUT2D eigenvalue weighted by molar-refractivity contribution is 0.0566. The largest absolute Gasteiger partial charge is 0.508 e. The maximum Gasteiger partial charge on any atom is 0.115 e. The summed E-state index contributed by atoms with van der Waals surface area (Å²) in [6, 6.07) is 20.5. The normalized spacial score (nSPS) is 12.6. The zero-order valence-corrected chi connectivity index (χ0v) is 18.3. The summed E-state index contributed by atoms with van der Waals surface area (Å²) in [7, 11) is 0. The molecule has 0 radical (unpaired) electrons. The first-order valence-electron chi connectivity index (χ1n) is 11.3. The fourth-order valence-electron chi connectivity index (χ4n) is 3.66. The highest BCUT2D eigenvalue weighted by Crippen LogP contribution is 2.26. The highest BCUT2D eigenvalue weighted by molar-refractivity contribution is 5.89. The van der Waals surface area contributed by atoms with Crippen molar-refractivity contribution in [2.45, 2.75) is 58.5 Å². The molecule has 1 N–H and O–H groups in total. The summed E-state index contributed by atoms with van der Waals surface area (Å²) in [6.45, 7) is 5.31. The second-order valence-electron chi connectivity index (χ2n) is 8.09. The number of rotatable bonds is 11. The molecule has 0 saturated carbocycles. The fraction of sp³-hybridized carbons (Fsp3) is 0.357. The number of allylic oxidation sites excluding steroid dienone is 1. The molecule has 0 aromatic heterocycles. The van der Waals surface area contributed by atoms with E-state index < -0.39 is 0 Å². The zero-order chi connectivity index (χ0) is 21.2. The van der Waals surface area contributed by atoms with Gasteiger partial charge in [0, 0.05) is 6.61 Å². The molecule has 0 aliphatic carbocycles. The van der Waals surface area contributed by atoms with Crippen molar-refractivity contribution in [1.29, 1.82) is 0 Å². The van der Waals surface area contributed by atoms with Crippen LogP contribution >= 0.6 is 0 Å². The number of fused-ring (bicyclic) bond motifs is 1. The van der Waals surface area contributed by atoms with Crippen LogP contribution in [-0.2, 0) is 4.74 Å². The van der Waals surface area contributed by atoms with Gasteiger partial charge < -0.3 is 9.84 Å². The summed E-state index contributed by atoms with van der Waals surface area (Å²) >= 11 is 0. The number of aromatic hydroxyl groups is 1. The van der Waals surface area contributed by atoms with Crippen molar-refractivity contribution >= 4 is 16.8 Å². The van der Waals surface area contributed by atoms with Crippen LogP contribution < -0.4 is 0 Å². The lowest BCUT2D eigenvalue weighted by Crippen LogP contribution is -2.08. The molecule has 30 heavy (non-hydrogen) atoms. The lowest BCUT2D eigenvalue weighted by atomic mass is 9.99. The number of phenols is 1. The molecule has 0 fully saturated rings. The summed E-state index contributed by atoms with van der Waals surface area (Å²) in [4.78, 5) is 0. The number of unbranched alkanes of at least 4 members (excludes halogenated alkanes) is 3. The molecule has 2 nitrogen and oxygen atoms in total. The van der Waals surface area contributed by atoms with E-state index >= 15 is 0 Å². The number of hydrogen-bond acceptors (Lipinski definition) is 2. The standard InChI is InChI=1S/C28H34O2/c1-3-4-8-19-30-22(2)9-6-5-7-10-23-11-12-27-21-26(14-13-25(27)20-23)24-15-17-28(29)18-16-24/h7,10-18,20-22,29H,3-6,8-9,19H2,1-2H3. The van der Waals surface area contributed by atoms with Crippen LogP contribution in [0.1, 0.15) is 57.9 Å². The summed E-state index contributed by atoms with van der Waals surface area (Å²) in [5.41, 5.74) is 3.52. The fourth-order valence-corrected chi connectivity index (χ4v) is 3.66. The Hall–Kier alpha value is -2.58. The average molecular weight is 403 g/mol. The molecule has 0 aliphatic rings. The number of phenolic OH excluding ortho intramolecular Hbond substituents is 1. The summed E-state index contributed by atoms with van der Waals surface area (Å²) in [5.74, 6) is 0.296. The third kappa shape index (κ3) is 6.74. The van der Waals surface area contributed by atoms with E-state index in [1.54, 1.807) is 12.1 Å². The van der Waals surface area contributed by atoms with Crippen molar-refractivity contribution in [3.8, 4) is 16.9 Å². The topological polar surface area (TPSA) is 29.5 Å². The molecular weight excluding hydrogens is 368 g/mol. The minimum Gasteiger partial charge on any atom is -0.508 e. The SMILES string of the molecule is CCCCCOC(C)CCCC=Cc1ccc2cc(-c3ccc(O)cc3)ccc2c1. The van der Waals surface area contributed by atoms with Gasteiger partial charge in [-0.25, -0.2) is 0 Å². The number of benzene rings is 3. The predicted molar refractivity (Wildman–Crippen MR) is 129 cm³/mol. The Morgan fingerprint density at radius 2 is 1.60 bits per heavy atom. The van der Waals surface area contributed by atoms with E-state index in [0.717, 1.165) is 37.0 Å². The first-order valence-corrected chi connectivity index (χ1v) is 11.3. The number of ether oxygens (including phenoxy) is 1. The van der Waals surface area contributed by atoms with E-state index in [1.807, 2.05) is 12.1 Å². The maximum atomic E-state index is 9.48. The molecule has 0 spiro atoms. The second-order valence-corrected chi connectivity index (χ2v) is 8.09. The van der Waals surface area contributed by atoms with Crippen LogP contribution in [0.5, 0.6) is 5.75 Å². The zero-order valence-electron chi connectivity index (χ0n) is 18.3. The minimum absolute atomic E-state index is 0.296. The van der Waals surface area contributed by atoms with Gasteiger partial charge in [-0.05, 0) is 84.3 Å². The molecular formula is C28H34O2. The maximum absolute atomic E-state index is 9.48. The molecule has 3 aromatic rings. The van der Waals surface area contributed by atoms with E-state index in [-0.39, 0.29) is 0 Å². The van der Waals surface area contributed by atoms with E-state index in [1.165, 1.54) is 35.6 Å². The molecule has 0 bridgehead atoms. The van der Waals surface area contributed by atoms with Gasteiger partial charge in [0.1, 0.15) is 5.75 Å². The van der Waals surface area contributed by atoms with Gasteiger partial charge in [0.25, 0.3) is 0 Å². The number of hydrogen-bond donors (Lipinski definition) is 1. The van der Waals surface area contributed by atoms with Crippen molar-refractivity contribution in [3.05, 3.63) is 72.3 Å². The van der Waals surface area contributed by atoms with Crippen LogP contribution in [0.2, 0.25) is 0 Å². The van der Waals surface area contributed by atoms with Crippen molar-refractivity contribution in [2.75, 3.05) is 6.61 Å². The third-order valence-electron chi connectivity index (χ3n) is 5.51. The molecule has 3 aromatic carbocycles. The Bertz CT molecular complexity index is 941. The third-order valence-corrected chi connectivity index (χ3v) is 5.51. The van der Waals surface area contributed by atoms with Gasteiger partial charge in [-0.2, -0.15) is 0 Å². The highest BCUT2D eigenvalue weighted by atomic mass is 16.5. The smallest absolute Gasteiger partial charge is 0.115 e. The van der Waals surface area contributed by atoms with Crippen LogP contribution in [0.4, 0.5) is 0 Å². The first-order chi connectivity index (χ1) is 14.7. The molecule has 1 unspecified atom stereocenters. The molecule has 1 atom stereocenters. The molecule has 0 saturated heterocycles. The van der Waals surface area contributed by atoms with Gasteiger partial charge in [0.2, 0.25) is 0 Å². The second kappa shape index (κ2) is 11.6. The average Bonchev–Trinajstić information content (AvgIpc) is 2.76. The molecule has 0 amide bonds. The molecule has 2 heteroatoms. The van der Waals surface area contributed by atoms with Crippen molar-refractivity contribution < 1.29 is 9.84 Å². The predicted octanol–water partition coefficient (Wildman–Crippen LogP) is 7.99. The van der Waals surface area contributed by atoms with Crippen molar-refractivity contribution in [1.82, 2.24) is 0 Å². The van der Waals surface area contributed by atoms with Crippen LogP contribution in [0, 0.1) is 0 Å². The van der Waals surface area contributed by atoms with Gasteiger partial charge in [-0.1, -0.05) is 68.3 Å². The van der Waals surface area contributed by atoms with Crippen molar-refractivity contribution in [3.63, 3.8) is 0 Å². The van der Waals surface area contributed by atoms with Crippen LogP contribution in [-0.4, -0.2) is 17.8 Å². The Kier molecular flexibility index (Phi) is 8.53. The molecule has 158 valence electrons. The Labute approximate surface area is 181 Å².